The monoisotopic (exact) mass is 343 g/mol. The summed E-state index contributed by atoms with van der Waals surface area (Å²) in [6.07, 6.45) is 3.95. The Morgan fingerprint density at radius 2 is 2.26 bits per heavy atom. The molecule has 1 aromatic rings. The summed E-state index contributed by atoms with van der Waals surface area (Å²) in [5.41, 5.74) is 0.0159. The molecule has 2 fully saturated rings. The molecule has 2 bridgehead atoms. The fraction of sp³-hybridized carbons (Fsp3) is 0.500. The van der Waals surface area contributed by atoms with Gasteiger partial charge in [0, 0.05) is 10.2 Å². The molecule has 0 aromatic heterocycles. The van der Waals surface area contributed by atoms with Crippen molar-refractivity contribution < 1.29 is 9.90 Å². The van der Waals surface area contributed by atoms with Crippen LogP contribution < -0.4 is 5.32 Å². The number of carbonyl (C=O) groups is 1. The smallest absolute Gasteiger partial charge is 0.329 e. The summed E-state index contributed by atoms with van der Waals surface area (Å²) in [6.45, 7) is 0. The Morgan fingerprint density at radius 3 is 2.79 bits per heavy atom. The molecule has 2 aliphatic carbocycles. The van der Waals surface area contributed by atoms with Crippen molar-refractivity contribution in [1.82, 2.24) is 0 Å². The minimum absolute atomic E-state index is 0.240. The predicted octanol–water partition coefficient (Wildman–Crippen LogP) is 4.16. The van der Waals surface area contributed by atoms with Crippen LogP contribution in [0.3, 0.4) is 0 Å². The van der Waals surface area contributed by atoms with Crippen LogP contribution in [0.4, 0.5) is 5.69 Å². The summed E-state index contributed by atoms with van der Waals surface area (Å²) in [4.78, 5) is 11.8. The highest BCUT2D eigenvalue weighted by Gasteiger charge is 2.56. The van der Waals surface area contributed by atoms with Gasteiger partial charge in [-0.3, -0.25) is 0 Å². The van der Waals surface area contributed by atoms with E-state index in [0.29, 0.717) is 10.9 Å². The normalized spacial score (nSPS) is 32.5. The number of aliphatic carboxylic acids is 1. The van der Waals surface area contributed by atoms with Gasteiger partial charge in [0.2, 0.25) is 0 Å². The fourth-order valence-corrected chi connectivity index (χ4v) is 4.13. The highest BCUT2D eigenvalue weighted by molar-refractivity contribution is 9.10. The van der Waals surface area contributed by atoms with Crippen LogP contribution in [-0.4, -0.2) is 16.6 Å². The predicted molar refractivity (Wildman–Crippen MR) is 78.6 cm³/mol. The van der Waals surface area contributed by atoms with Gasteiger partial charge in [0.25, 0.3) is 0 Å². The molecule has 2 aliphatic rings. The Morgan fingerprint density at radius 1 is 1.47 bits per heavy atom. The molecule has 19 heavy (non-hydrogen) atoms. The zero-order valence-corrected chi connectivity index (χ0v) is 12.7. The van der Waals surface area contributed by atoms with Gasteiger partial charge in [-0.1, -0.05) is 11.6 Å². The third-order valence-electron chi connectivity index (χ3n) is 4.52. The highest BCUT2D eigenvalue weighted by Crippen LogP contribution is 2.52. The Balaban J connectivity index is 1.90. The first-order valence-electron chi connectivity index (χ1n) is 6.48. The molecule has 0 spiro atoms. The maximum atomic E-state index is 11.8. The lowest BCUT2D eigenvalue weighted by atomic mass is 9.80. The highest BCUT2D eigenvalue weighted by atomic mass is 79.9. The van der Waals surface area contributed by atoms with Crippen molar-refractivity contribution in [2.24, 2.45) is 11.8 Å². The number of hydrogen-bond acceptors (Lipinski definition) is 2. The number of carboxylic acid groups (broad SMARTS) is 1. The average Bonchev–Trinajstić information content (AvgIpc) is 2.94. The van der Waals surface area contributed by atoms with Gasteiger partial charge in [0.05, 0.1) is 5.02 Å². The van der Waals surface area contributed by atoms with Crippen LogP contribution in [0, 0.1) is 11.8 Å². The first kappa shape index (κ1) is 13.3. The molecular weight excluding hydrogens is 330 g/mol. The van der Waals surface area contributed by atoms with Gasteiger partial charge in [-0.05, 0) is 71.6 Å². The summed E-state index contributed by atoms with van der Waals surface area (Å²) in [5.74, 6) is 0.0690. The van der Waals surface area contributed by atoms with Crippen molar-refractivity contribution in [1.29, 1.82) is 0 Å². The number of fused-ring (bicyclic) bond motifs is 2. The van der Waals surface area contributed by atoms with E-state index in [2.05, 4.69) is 21.2 Å². The van der Waals surface area contributed by atoms with E-state index in [-0.39, 0.29) is 5.92 Å². The van der Waals surface area contributed by atoms with Crippen LogP contribution in [0.1, 0.15) is 25.7 Å². The van der Waals surface area contributed by atoms with Gasteiger partial charge in [-0.25, -0.2) is 4.79 Å². The Labute approximate surface area is 125 Å². The van der Waals surface area contributed by atoms with Crippen molar-refractivity contribution in [3.63, 3.8) is 0 Å². The molecule has 2 N–H and O–H groups in total. The lowest BCUT2D eigenvalue weighted by molar-refractivity contribution is -0.144. The third-order valence-corrected chi connectivity index (χ3v) is 5.73. The Kier molecular flexibility index (Phi) is 3.26. The van der Waals surface area contributed by atoms with Crippen molar-refractivity contribution in [2.75, 3.05) is 5.32 Å². The van der Waals surface area contributed by atoms with Crippen LogP contribution in [0.5, 0.6) is 0 Å². The van der Waals surface area contributed by atoms with Crippen molar-refractivity contribution in [3.8, 4) is 0 Å². The van der Waals surface area contributed by atoms with Crippen molar-refractivity contribution in [2.45, 2.75) is 31.2 Å². The van der Waals surface area contributed by atoms with E-state index >= 15 is 0 Å². The molecule has 0 radical (unpaired) electrons. The number of nitrogens with one attached hydrogen (secondary N) is 1. The SMILES string of the molecule is O=C(O)C1(Nc2ccc(Cl)c(Br)c2)CC2CCC1C2. The van der Waals surface area contributed by atoms with E-state index in [9.17, 15) is 9.90 Å². The Hall–Kier alpha value is -0.740. The summed E-state index contributed by atoms with van der Waals surface area (Å²) < 4.78 is 0.780. The first-order chi connectivity index (χ1) is 9.01. The van der Waals surface area contributed by atoms with E-state index in [1.165, 1.54) is 6.42 Å². The zero-order valence-electron chi connectivity index (χ0n) is 10.3. The second kappa shape index (κ2) is 4.67. The lowest BCUT2D eigenvalue weighted by Crippen LogP contribution is -2.50. The van der Waals surface area contributed by atoms with E-state index in [0.717, 1.165) is 29.4 Å². The molecule has 102 valence electrons. The van der Waals surface area contributed by atoms with Crippen molar-refractivity contribution in [3.05, 3.63) is 27.7 Å². The molecule has 3 nitrogen and oxygen atoms in total. The fourth-order valence-electron chi connectivity index (χ4n) is 3.63. The molecule has 3 rings (SSSR count). The van der Waals surface area contributed by atoms with Gasteiger partial charge in [0.15, 0.2) is 0 Å². The molecule has 2 saturated carbocycles. The van der Waals surface area contributed by atoms with Gasteiger partial charge < -0.3 is 10.4 Å². The molecule has 0 amide bonds. The molecular formula is C14H15BrClNO2. The molecule has 0 saturated heterocycles. The number of halogens is 2. The third kappa shape index (κ3) is 2.15. The summed E-state index contributed by atoms with van der Waals surface area (Å²) in [7, 11) is 0. The summed E-state index contributed by atoms with van der Waals surface area (Å²) in [5, 5.41) is 13.6. The molecule has 3 unspecified atom stereocenters. The summed E-state index contributed by atoms with van der Waals surface area (Å²) in [6, 6.07) is 5.46. The van der Waals surface area contributed by atoms with Crippen LogP contribution in [0.25, 0.3) is 0 Å². The summed E-state index contributed by atoms with van der Waals surface area (Å²) >= 11 is 9.34. The number of benzene rings is 1. The zero-order chi connectivity index (χ0) is 13.6. The number of anilines is 1. The van der Waals surface area contributed by atoms with Crippen LogP contribution in [0.2, 0.25) is 5.02 Å². The molecule has 1 aromatic carbocycles. The van der Waals surface area contributed by atoms with Gasteiger partial charge in [-0.2, -0.15) is 0 Å². The molecule has 0 aliphatic heterocycles. The van der Waals surface area contributed by atoms with Crippen LogP contribution in [-0.2, 0) is 4.79 Å². The lowest BCUT2D eigenvalue weighted by Gasteiger charge is -2.35. The van der Waals surface area contributed by atoms with Gasteiger partial charge >= 0.3 is 5.97 Å². The maximum absolute atomic E-state index is 11.8. The standard InChI is InChI=1S/C14H15BrClNO2/c15-11-6-10(3-4-12(11)16)17-14(13(18)19)7-8-1-2-9(14)5-8/h3-4,6,8-9,17H,1-2,5,7H2,(H,18,19). The van der Waals surface area contributed by atoms with E-state index in [1.54, 1.807) is 6.07 Å². The molecule has 3 atom stereocenters. The number of rotatable bonds is 3. The maximum Gasteiger partial charge on any atom is 0.329 e. The van der Waals surface area contributed by atoms with E-state index < -0.39 is 11.5 Å². The second-order valence-electron chi connectivity index (χ2n) is 5.61. The van der Waals surface area contributed by atoms with Gasteiger partial charge in [0.1, 0.15) is 5.54 Å². The second-order valence-corrected chi connectivity index (χ2v) is 6.87. The minimum atomic E-state index is -0.795. The Bertz CT molecular complexity index is 536. The van der Waals surface area contributed by atoms with Crippen LogP contribution >= 0.6 is 27.5 Å². The largest absolute Gasteiger partial charge is 0.479 e. The van der Waals surface area contributed by atoms with Crippen LogP contribution in [0.15, 0.2) is 22.7 Å². The van der Waals surface area contributed by atoms with E-state index in [1.807, 2.05) is 12.1 Å². The quantitative estimate of drug-likeness (QED) is 0.865. The topological polar surface area (TPSA) is 49.3 Å². The molecule has 0 heterocycles. The van der Waals surface area contributed by atoms with E-state index in [4.69, 9.17) is 11.6 Å². The minimum Gasteiger partial charge on any atom is -0.479 e. The average molecular weight is 345 g/mol. The van der Waals surface area contributed by atoms with Crippen molar-refractivity contribution >= 4 is 39.2 Å². The number of hydrogen-bond donors (Lipinski definition) is 2. The first-order valence-corrected chi connectivity index (χ1v) is 7.65. The molecule has 5 heteroatoms. The van der Waals surface area contributed by atoms with Gasteiger partial charge in [-0.15, -0.1) is 0 Å². The number of carboxylic acids is 1.